The molecule has 2 N–H and O–H groups in total. The first-order valence-corrected chi connectivity index (χ1v) is 18.2. The first-order chi connectivity index (χ1) is 28.5. The van der Waals surface area contributed by atoms with E-state index in [1.807, 2.05) is 72.8 Å². The molecule has 304 valence electrons. The molecule has 0 fully saturated rings. The fraction of sp³-hybridized carbons (Fsp3) is 0.200. The summed E-state index contributed by atoms with van der Waals surface area (Å²) < 4.78 is 32.7. The normalized spacial score (nSPS) is 11.2. The highest BCUT2D eigenvalue weighted by Crippen LogP contribution is 2.26. The molecular weight excluding hydrogens is 758 g/mol. The molecule has 0 bridgehead atoms. The molecule has 0 aliphatic heterocycles. The number of benzene rings is 2. The topological polar surface area (TPSA) is 183 Å². The number of Topliss-reactive ketones (excluding diaryl/α,β-unsaturated/α-hetero) is 1. The van der Waals surface area contributed by atoms with E-state index in [0.29, 0.717) is 29.4 Å². The number of methoxy groups -OCH3 is 2. The maximum Gasteiger partial charge on any atom is 0.342 e. The molecule has 0 aliphatic carbocycles. The molecule has 4 aromatic heterocycles. The largest absolute Gasteiger partial charge is 0.481 e. The van der Waals surface area contributed by atoms with Crippen molar-refractivity contribution in [2.24, 2.45) is 0 Å². The summed E-state index contributed by atoms with van der Waals surface area (Å²) in [5, 5.41) is 0. The van der Waals surface area contributed by atoms with Crippen LogP contribution in [0.1, 0.15) is 30.5 Å². The molecular formula is C45H44FN5O8. The van der Waals surface area contributed by atoms with Crippen molar-refractivity contribution in [1.29, 1.82) is 0 Å². The van der Waals surface area contributed by atoms with Gasteiger partial charge in [-0.2, -0.15) is 4.39 Å². The fourth-order valence-corrected chi connectivity index (χ4v) is 5.60. The van der Waals surface area contributed by atoms with Crippen LogP contribution in [0.25, 0.3) is 22.3 Å². The van der Waals surface area contributed by atoms with E-state index in [2.05, 4.69) is 24.7 Å². The van der Waals surface area contributed by atoms with Gasteiger partial charge in [0.2, 0.25) is 11.8 Å². The minimum Gasteiger partial charge on any atom is -0.481 e. The number of ether oxygens (including phenoxy) is 4. The van der Waals surface area contributed by atoms with E-state index < -0.39 is 30.2 Å². The lowest BCUT2D eigenvalue weighted by Gasteiger charge is -2.17. The summed E-state index contributed by atoms with van der Waals surface area (Å²) in [4.78, 5) is 62.1. The van der Waals surface area contributed by atoms with E-state index in [9.17, 15) is 23.6 Å². The Kier molecular flexibility index (Phi) is 17.3. The van der Waals surface area contributed by atoms with Crippen molar-refractivity contribution in [2.45, 2.75) is 45.3 Å². The Balaban J connectivity index is 0.000000215. The van der Waals surface area contributed by atoms with Gasteiger partial charge in [0.1, 0.15) is 0 Å². The van der Waals surface area contributed by atoms with Crippen LogP contribution in [0.15, 0.2) is 134 Å². The van der Waals surface area contributed by atoms with Gasteiger partial charge in [-0.25, -0.2) is 9.97 Å². The maximum absolute atomic E-state index is 13.0. The molecule has 0 spiro atoms. The zero-order valence-corrected chi connectivity index (χ0v) is 33.0. The van der Waals surface area contributed by atoms with Gasteiger partial charge in [-0.15, -0.1) is 0 Å². The van der Waals surface area contributed by atoms with Crippen molar-refractivity contribution in [3.8, 4) is 34.0 Å². The van der Waals surface area contributed by atoms with Gasteiger partial charge in [0.15, 0.2) is 18.0 Å². The summed E-state index contributed by atoms with van der Waals surface area (Å²) in [5.74, 6) is -0.543. The van der Waals surface area contributed by atoms with E-state index in [1.54, 1.807) is 68.6 Å². The van der Waals surface area contributed by atoms with E-state index in [1.165, 1.54) is 14.0 Å². The molecule has 6 rings (SSSR count). The third-order valence-electron chi connectivity index (χ3n) is 8.34. The van der Waals surface area contributed by atoms with Crippen molar-refractivity contribution >= 4 is 29.4 Å². The number of esters is 2. The summed E-state index contributed by atoms with van der Waals surface area (Å²) in [6.45, 7) is 2.44. The molecule has 2 atom stereocenters. The van der Waals surface area contributed by atoms with E-state index in [0.717, 1.165) is 40.3 Å². The quantitative estimate of drug-likeness (QED) is 0.0895. The van der Waals surface area contributed by atoms with Gasteiger partial charge < -0.3 is 24.7 Å². The number of nitrogen functional groups attached to an aromatic ring is 1. The van der Waals surface area contributed by atoms with Crippen LogP contribution < -0.4 is 15.2 Å². The molecule has 0 aliphatic rings. The minimum atomic E-state index is -1.63. The molecule has 0 saturated carbocycles. The van der Waals surface area contributed by atoms with Crippen molar-refractivity contribution in [2.75, 3.05) is 20.0 Å². The number of carbonyl (C=O) groups excluding carboxylic acids is 4. The van der Waals surface area contributed by atoms with Crippen LogP contribution in [0.4, 0.5) is 10.1 Å². The van der Waals surface area contributed by atoms with E-state index in [-0.39, 0.29) is 18.6 Å². The van der Waals surface area contributed by atoms with Crippen LogP contribution in [-0.4, -0.2) is 70.1 Å². The Morgan fingerprint density at radius 2 is 1.05 bits per heavy atom. The second-order valence-electron chi connectivity index (χ2n) is 12.7. The van der Waals surface area contributed by atoms with Crippen LogP contribution >= 0.6 is 0 Å². The number of hydrogen-bond acceptors (Lipinski definition) is 13. The lowest BCUT2D eigenvalue weighted by atomic mass is 9.98. The maximum atomic E-state index is 13.0. The second-order valence-corrected chi connectivity index (χ2v) is 12.7. The number of hydrogen-bond donors (Lipinski definition) is 1. The summed E-state index contributed by atoms with van der Waals surface area (Å²) >= 11 is 0. The summed E-state index contributed by atoms with van der Waals surface area (Å²) in [6, 6.07) is 27.9. The number of ketones is 1. The van der Waals surface area contributed by atoms with Gasteiger partial charge in [-0.05, 0) is 58.7 Å². The highest BCUT2D eigenvalue weighted by atomic mass is 19.1. The predicted molar refractivity (Wildman–Crippen MR) is 219 cm³/mol. The van der Waals surface area contributed by atoms with Gasteiger partial charge in [-0.1, -0.05) is 60.7 Å². The number of anilines is 1. The van der Waals surface area contributed by atoms with Crippen molar-refractivity contribution in [3.05, 3.63) is 151 Å². The Hall–Kier alpha value is -7.35. The number of aromatic nitrogens is 4. The van der Waals surface area contributed by atoms with Crippen molar-refractivity contribution in [1.82, 2.24) is 19.9 Å². The molecule has 0 unspecified atom stereocenters. The highest BCUT2D eigenvalue weighted by molar-refractivity contribution is 5.88. The second kappa shape index (κ2) is 23.0. The standard InChI is InChI=1S/C23H22N2O4.C11H11FO3.C11H11N3O/c1-16(26)29-22(12-17-6-4-3-5-7-17)21(27)14-19-13-20(15-25-23(19)28-2)18-8-10-24-11-9-18;1-8(13)15-10(11(12)14)7-9-5-3-2-4-6-9;1-15-11-10(12)6-9(7-14-11)8-2-4-13-5-3-8/h3-11,13,15,22H,12,14H2,1-2H3;2-6,10H,7H2,1H3;2-7H,12H2,1H3/t22-;10-;/m11./s1. The summed E-state index contributed by atoms with van der Waals surface area (Å²) in [5.41, 5.74) is 12.4. The average Bonchev–Trinajstić information content (AvgIpc) is 3.24. The van der Waals surface area contributed by atoms with Crippen LogP contribution in [0.5, 0.6) is 11.8 Å². The van der Waals surface area contributed by atoms with Gasteiger partial charge in [0.05, 0.1) is 19.9 Å². The molecule has 0 radical (unpaired) electrons. The highest BCUT2D eigenvalue weighted by Gasteiger charge is 2.24. The number of rotatable bonds is 14. The van der Waals surface area contributed by atoms with Crippen LogP contribution in [-0.2, 0) is 47.9 Å². The minimum absolute atomic E-state index is 0.0415. The van der Waals surface area contributed by atoms with Gasteiger partial charge in [0.25, 0.3) is 0 Å². The van der Waals surface area contributed by atoms with Crippen LogP contribution in [0.2, 0.25) is 0 Å². The third kappa shape index (κ3) is 14.6. The number of carbonyl (C=O) groups is 4. The van der Waals surface area contributed by atoms with Crippen molar-refractivity contribution < 1.29 is 42.5 Å². The third-order valence-corrected chi connectivity index (χ3v) is 8.34. The summed E-state index contributed by atoms with van der Waals surface area (Å²) in [7, 11) is 3.06. The van der Waals surface area contributed by atoms with E-state index >= 15 is 0 Å². The number of nitrogens with two attached hydrogens (primary N) is 1. The first kappa shape index (κ1) is 44.4. The Morgan fingerprint density at radius 3 is 1.49 bits per heavy atom. The van der Waals surface area contributed by atoms with Crippen LogP contribution in [0, 0.1) is 0 Å². The lowest BCUT2D eigenvalue weighted by Crippen LogP contribution is -2.30. The first-order valence-electron chi connectivity index (χ1n) is 18.2. The number of halogens is 1. The molecule has 2 aromatic carbocycles. The Morgan fingerprint density at radius 1 is 0.610 bits per heavy atom. The van der Waals surface area contributed by atoms with Crippen molar-refractivity contribution in [3.63, 3.8) is 0 Å². The molecule has 0 amide bonds. The monoisotopic (exact) mass is 801 g/mol. The molecule has 0 saturated heterocycles. The van der Waals surface area contributed by atoms with E-state index in [4.69, 9.17) is 19.9 Å². The lowest BCUT2D eigenvalue weighted by molar-refractivity contribution is -0.157. The fourth-order valence-electron chi connectivity index (χ4n) is 5.60. The molecule has 14 heteroatoms. The predicted octanol–water partition coefficient (Wildman–Crippen LogP) is 6.83. The molecule has 4 heterocycles. The van der Waals surface area contributed by atoms with Crippen LogP contribution in [0.3, 0.4) is 0 Å². The Labute approximate surface area is 341 Å². The average molecular weight is 802 g/mol. The zero-order chi connectivity index (χ0) is 42.6. The Bertz CT molecular complexity index is 2270. The van der Waals surface area contributed by atoms with Gasteiger partial charge in [0, 0.05) is 87.0 Å². The smallest absolute Gasteiger partial charge is 0.342 e. The molecule has 13 nitrogen and oxygen atoms in total. The zero-order valence-electron chi connectivity index (χ0n) is 33.0. The van der Waals surface area contributed by atoms with Gasteiger partial charge >= 0.3 is 18.0 Å². The summed E-state index contributed by atoms with van der Waals surface area (Å²) in [6.07, 6.45) is 8.50. The van der Waals surface area contributed by atoms with Gasteiger partial charge in [-0.3, -0.25) is 29.1 Å². The molecule has 59 heavy (non-hydrogen) atoms. The SMILES string of the molecule is CC(=O)O[C@H](Cc1ccccc1)C(=O)F.COc1ncc(-c2ccncc2)cc1CC(=O)[C@@H](Cc1ccccc1)OC(C)=O.COc1ncc(-c2ccncc2)cc1N. The number of nitrogens with zero attached hydrogens (tertiary/aromatic N) is 4. The number of pyridine rings is 4. The molecule has 6 aromatic rings.